The van der Waals surface area contributed by atoms with Crippen molar-refractivity contribution in [2.24, 2.45) is 5.10 Å². The molecule has 0 atom stereocenters. The first-order valence-corrected chi connectivity index (χ1v) is 11.0. The Morgan fingerprint density at radius 1 is 0.972 bits per heavy atom. The smallest absolute Gasteiger partial charge is 0.349 e. The molecule has 0 aliphatic rings. The second kappa shape index (κ2) is 9.67. The molecule has 0 aliphatic carbocycles. The Balaban J connectivity index is 1.48. The lowest BCUT2D eigenvalue weighted by molar-refractivity contribution is -0.118. The van der Waals surface area contributed by atoms with E-state index in [1.54, 1.807) is 36.4 Å². The number of nitrogens with one attached hydrogen (secondary N) is 2. The molecule has 0 spiro atoms. The summed E-state index contributed by atoms with van der Waals surface area (Å²) in [5.41, 5.74) is -0.0581. The molecule has 178 valence electrons. The molecule has 8 nitrogen and oxygen atoms in total. The van der Waals surface area contributed by atoms with Crippen molar-refractivity contribution in [3.8, 4) is 5.75 Å². The molecule has 4 aromatic carbocycles. The van der Waals surface area contributed by atoms with Crippen LogP contribution in [0, 0.1) is 5.82 Å². The normalized spacial score (nSPS) is 11.2. The number of H-pyrrole nitrogens is 1. The van der Waals surface area contributed by atoms with Crippen molar-refractivity contribution in [1.82, 2.24) is 9.66 Å². The van der Waals surface area contributed by atoms with Crippen LogP contribution in [0.1, 0.15) is 5.56 Å². The largest absolute Gasteiger partial charge is 0.483 e. The summed E-state index contributed by atoms with van der Waals surface area (Å²) in [6.07, 6.45) is 1.35. The summed E-state index contributed by atoms with van der Waals surface area (Å²) in [7, 11) is 0. The predicted octanol–water partition coefficient (Wildman–Crippen LogP) is 3.88. The molecule has 0 bridgehead atoms. The number of carbonyl (C=O) groups is 1. The van der Waals surface area contributed by atoms with E-state index >= 15 is 0 Å². The Labute approximate surface area is 203 Å². The van der Waals surface area contributed by atoms with Crippen LogP contribution in [0.4, 0.5) is 10.1 Å². The minimum Gasteiger partial charge on any atom is -0.483 e. The van der Waals surface area contributed by atoms with Gasteiger partial charge in [-0.3, -0.25) is 9.59 Å². The standard InChI is InChI=1S/C27H19FN4O4/c28-18-7-5-8-19(14-18)30-25(33)16-36-24-13-12-17-6-1-2-9-20(17)22(24)15-29-32-26(34)21-10-3-4-11-23(21)31-27(32)35/h1-15H,16H2,(H,30,33)(H,31,35). The lowest BCUT2D eigenvalue weighted by Crippen LogP contribution is -2.32. The molecule has 0 saturated heterocycles. The molecule has 2 N–H and O–H groups in total. The number of para-hydroxylation sites is 1. The average molecular weight is 482 g/mol. The van der Waals surface area contributed by atoms with Gasteiger partial charge < -0.3 is 15.0 Å². The van der Waals surface area contributed by atoms with Gasteiger partial charge in [-0.05, 0) is 47.2 Å². The van der Waals surface area contributed by atoms with Crippen LogP contribution < -0.4 is 21.3 Å². The highest BCUT2D eigenvalue weighted by Crippen LogP contribution is 2.27. The third kappa shape index (κ3) is 4.62. The molecule has 1 heterocycles. The fraction of sp³-hybridized carbons (Fsp3) is 0.0370. The van der Waals surface area contributed by atoms with Crippen LogP contribution >= 0.6 is 0 Å². The number of aromatic nitrogens is 2. The minimum absolute atomic E-state index is 0.304. The van der Waals surface area contributed by atoms with Crippen molar-refractivity contribution in [2.45, 2.75) is 0 Å². The van der Waals surface area contributed by atoms with E-state index in [1.807, 2.05) is 30.3 Å². The third-order valence-corrected chi connectivity index (χ3v) is 5.48. The molecule has 0 aliphatic heterocycles. The molecule has 9 heteroatoms. The highest BCUT2D eigenvalue weighted by atomic mass is 19.1. The summed E-state index contributed by atoms with van der Waals surface area (Å²) >= 11 is 0. The van der Waals surface area contributed by atoms with Crippen LogP contribution in [0.2, 0.25) is 0 Å². The average Bonchev–Trinajstić information content (AvgIpc) is 2.87. The maximum atomic E-state index is 13.4. The molecule has 0 radical (unpaired) electrons. The van der Waals surface area contributed by atoms with E-state index in [4.69, 9.17) is 4.74 Å². The maximum Gasteiger partial charge on any atom is 0.349 e. The Bertz CT molecular complexity index is 1760. The lowest BCUT2D eigenvalue weighted by atomic mass is 10.0. The molecule has 0 fully saturated rings. The summed E-state index contributed by atoms with van der Waals surface area (Å²) in [6, 6.07) is 23.1. The summed E-state index contributed by atoms with van der Waals surface area (Å²) in [5, 5.41) is 8.66. The molecule has 0 saturated carbocycles. The van der Waals surface area contributed by atoms with Gasteiger partial charge in [0.15, 0.2) is 6.61 Å². The number of ether oxygens (including phenoxy) is 1. The molecule has 5 rings (SSSR count). The van der Waals surface area contributed by atoms with E-state index in [-0.39, 0.29) is 6.61 Å². The zero-order chi connectivity index (χ0) is 25.1. The van der Waals surface area contributed by atoms with Crippen LogP contribution in [0.3, 0.4) is 0 Å². The maximum absolute atomic E-state index is 13.4. The highest BCUT2D eigenvalue weighted by Gasteiger charge is 2.12. The summed E-state index contributed by atoms with van der Waals surface area (Å²) in [5.74, 6) is -0.642. The van der Waals surface area contributed by atoms with E-state index in [9.17, 15) is 18.8 Å². The van der Waals surface area contributed by atoms with Gasteiger partial charge in [-0.25, -0.2) is 9.18 Å². The zero-order valence-corrected chi connectivity index (χ0v) is 18.8. The zero-order valence-electron chi connectivity index (χ0n) is 18.8. The SMILES string of the molecule is O=C(COc1ccc2ccccc2c1C=Nn1c(=O)[nH]c2ccccc2c1=O)Nc1cccc(F)c1. The Kier molecular flexibility index (Phi) is 6.10. The van der Waals surface area contributed by atoms with Gasteiger partial charge >= 0.3 is 5.69 Å². The van der Waals surface area contributed by atoms with E-state index in [0.717, 1.165) is 15.4 Å². The summed E-state index contributed by atoms with van der Waals surface area (Å²) in [4.78, 5) is 40.4. The molecule has 5 aromatic rings. The number of anilines is 1. The number of halogens is 1. The van der Waals surface area contributed by atoms with Gasteiger partial charge in [-0.1, -0.05) is 48.5 Å². The topological polar surface area (TPSA) is 106 Å². The van der Waals surface area contributed by atoms with Crippen LogP contribution in [0.25, 0.3) is 21.7 Å². The van der Waals surface area contributed by atoms with Gasteiger partial charge in [-0.2, -0.15) is 5.10 Å². The van der Waals surface area contributed by atoms with Crippen molar-refractivity contribution in [3.05, 3.63) is 117 Å². The molecular weight excluding hydrogens is 463 g/mol. The molecule has 1 amide bonds. The third-order valence-electron chi connectivity index (χ3n) is 5.48. The molecule has 36 heavy (non-hydrogen) atoms. The van der Waals surface area contributed by atoms with Crippen molar-refractivity contribution in [2.75, 3.05) is 11.9 Å². The number of aromatic amines is 1. The Morgan fingerprint density at radius 2 is 1.75 bits per heavy atom. The van der Waals surface area contributed by atoms with Crippen molar-refractivity contribution < 1.29 is 13.9 Å². The quantitative estimate of drug-likeness (QED) is 0.358. The van der Waals surface area contributed by atoms with Crippen LogP contribution in [0.5, 0.6) is 5.75 Å². The van der Waals surface area contributed by atoms with Gasteiger partial charge in [0.1, 0.15) is 11.6 Å². The number of rotatable bonds is 6. The first-order valence-electron chi connectivity index (χ1n) is 11.0. The fourth-order valence-corrected chi connectivity index (χ4v) is 3.81. The van der Waals surface area contributed by atoms with E-state index in [1.165, 1.54) is 24.4 Å². The van der Waals surface area contributed by atoms with E-state index in [2.05, 4.69) is 15.4 Å². The lowest BCUT2D eigenvalue weighted by Gasteiger charge is -2.12. The fourth-order valence-electron chi connectivity index (χ4n) is 3.81. The van der Waals surface area contributed by atoms with Gasteiger partial charge in [0.25, 0.3) is 11.5 Å². The molecular formula is C27H19FN4O4. The summed E-state index contributed by atoms with van der Waals surface area (Å²) < 4.78 is 19.9. The first kappa shape index (κ1) is 22.7. The Morgan fingerprint density at radius 3 is 2.58 bits per heavy atom. The number of hydrogen-bond donors (Lipinski definition) is 2. The molecule has 1 aromatic heterocycles. The van der Waals surface area contributed by atoms with Crippen molar-refractivity contribution >= 4 is 39.5 Å². The number of amides is 1. The molecule has 0 unspecified atom stereocenters. The number of hydrogen-bond acceptors (Lipinski definition) is 5. The number of benzene rings is 4. The number of carbonyl (C=O) groups excluding carboxylic acids is 1. The predicted molar refractivity (Wildman–Crippen MR) is 136 cm³/mol. The Hall–Kier alpha value is -5.05. The van der Waals surface area contributed by atoms with Gasteiger partial charge in [0.2, 0.25) is 0 Å². The van der Waals surface area contributed by atoms with Crippen LogP contribution in [-0.2, 0) is 4.79 Å². The second-order valence-electron chi connectivity index (χ2n) is 7.88. The van der Waals surface area contributed by atoms with E-state index < -0.39 is 23.0 Å². The first-order chi connectivity index (χ1) is 17.5. The van der Waals surface area contributed by atoms with Crippen LogP contribution in [0.15, 0.2) is 99.6 Å². The van der Waals surface area contributed by atoms with Crippen LogP contribution in [-0.4, -0.2) is 28.4 Å². The summed E-state index contributed by atoms with van der Waals surface area (Å²) in [6.45, 7) is -0.355. The van der Waals surface area contributed by atoms with Crippen molar-refractivity contribution in [3.63, 3.8) is 0 Å². The van der Waals surface area contributed by atoms with Gasteiger partial charge in [0, 0.05) is 11.3 Å². The van der Waals surface area contributed by atoms with Crippen molar-refractivity contribution in [1.29, 1.82) is 0 Å². The number of fused-ring (bicyclic) bond motifs is 2. The van der Waals surface area contributed by atoms with Gasteiger partial charge in [0.05, 0.1) is 17.1 Å². The van der Waals surface area contributed by atoms with Gasteiger partial charge in [-0.15, -0.1) is 4.68 Å². The number of nitrogens with zero attached hydrogens (tertiary/aromatic N) is 2. The minimum atomic E-state index is -0.688. The highest BCUT2D eigenvalue weighted by molar-refractivity contribution is 6.02. The monoisotopic (exact) mass is 482 g/mol. The second-order valence-corrected chi connectivity index (χ2v) is 7.88. The van der Waals surface area contributed by atoms with E-state index in [0.29, 0.717) is 27.9 Å².